The molecule has 2 N–H and O–H groups in total. The summed E-state index contributed by atoms with van der Waals surface area (Å²) in [5.41, 5.74) is 1.32. The Kier molecular flexibility index (Phi) is 7.53. The van der Waals surface area contributed by atoms with Crippen LogP contribution in [0.2, 0.25) is 0 Å². The van der Waals surface area contributed by atoms with Gasteiger partial charge in [-0.15, -0.1) is 0 Å². The number of nitrogens with zero attached hydrogens (tertiary/aromatic N) is 2. The zero-order chi connectivity index (χ0) is 26.6. The quantitative estimate of drug-likeness (QED) is 0.300. The number of pyridine rings is 1. The van der Waals surface area contributed by atoms with E-state index in [1.54, 1.807) is 18.2 Å². The van der Waals surface area contributed by atoms with Crippen molar-refractivity contribution in [2.45, 2.75) is 25.8 Å². The van der Waals surface area contributed by atoms with Crippen LogP contribution in [0.3, 0.4) is 0 Å². The fourth-order valence-corrected chi connectivity index (χ4v) is 4.19. The third-order valence-corrected chi connectivity index (χ3v) is 6.41. The Morgan fingerprint density at radius 1 is 1.14 bits per heavy atom. The number of ether oxygens (including phenoxy) is 2. The number of hydrogen-bond donors (Lipinski definition) is 2. The smallest absolute Gasteiger partial charge is 0.281 e. The number of benzene rings is 2. The number of hydrogen-bond acceptors (Lipinski definition) is 7. The lowest BCUT2D eigenvalue weighted by atomic mass is 10.1. The summed E-state index contributed by atoms with van der Waals surface area (Å²) >= 11 is 0. The number of halogens is 1. The number of para-hydroxylation sites is 1. The van der Waals surface area contributed by atoms with Crippen LogP contribution in [0, 0.1) is 18.7 Å². The molecule has 37 heavy (non-hydrogen) atoms. The van der Waals surface area contributed by atoms with E-state index < -0.39 is 21.7 Å². The van der Waals surface area contributed by atoms with Crippen LogP contribution in [-0.2, 0) is 10.0 Å². The molecule has 1 amide bonds. The van der Waals surface area contributed by atoms with Crippen LogP contribution in [0.5, 0.6) is 17.4 Å². The number of amides is 1. The molecule has 0 spiro atoms. The fraction of sp³-hybridized carbons (Fsp3) is 0.192. The van der Waals surface area contributed by atoms with E-state index in [0.29, 0.717) is 29.4 Å². The number of carbonyl (C=O) groups is 1. The van der Waals surface area contributed by atoms with Gasteiger partial charge in [-0.05, 0) is 54.8 Å². The maximum Gasteiger partial charge on any atom is 0.281 e. The molecule has 0 saturated heterocycles. The summed E-state index contributed by atoms with van der Waals surface area (Å²) in [7, 11) is -4.22. The largest absolute Gasteiger partial charge is 0.493 e. The standard InChI is InChI=1S/C26H25FN4O5S.2H2/c1-16(2)15-35-20-13-18(12-19(27)14-20)22-9-8-21(25(32)31-37(33,34)24-10-11-28-30-24)26(29-22)36-23-7-5-4-6-17(23)3;;/h4-14,16H,15H2,1-3H3,(H,28,30)(H,31,32);2*1H. The molecular weight excluding hydrogens is 499 g/mol. The van der Waals surface area contributed by atoms with Crippen LogP contribution in [0.25, 0.3) is 11.3 Å². The van der Waals surface area contributed by atoms with Crippen molar-refractivity contribution in [1.82, 2.24) is 19.9 Å². The lowest BCUT2D eigenvalue weighted by Gasteiger charge is -2.14. The minimum Gasteiger partial charge on any atom is -0.493 e. The minimum absolute atomic E-state index is 0. The Hall–Kier alpha value is -4.25. The summed E-state index contributed by atoms with van der Waals surface area (Å²) in [4.78, 5) is 17.5. The number of aryl methyl sites for hydroxylation is 1. The van der Waals surface area contributed by atoms with Gasteiger partial charge in [-0.1, -0.05) is 32.0 Å². The van der Waals surface area contributed by atoms with Crippen molar-refractivity contribution in [1.29, 1.82) is 0 Å². The van der Waals surface area contributed by atoms with Gasteiger partial charge in [-0.3, -0.25) is 9.89 Å². The molecule has 0 unspecified atom stereocenters. The second-order valence-corrected chi connectivity index (χ2v) is 10.3. The average molecular weight is 529 g/mol. The average Bonchev–Trinajstić information content (AvgIpc) is 3.40. The molecule has 0 aliphatic rings. The van der Waals surface area contributed by atoms with E-state index in [4.69, 9.17) is 9.47 Å². The van der Waals surface area contributed by atoms with E-state index in [2.05, 4.69) is 15.2 Å². The monoisotopic (exact) mass is 528 g/mol. The third-order valence-electron chi connectivity index (χ3n) is 5.15. The van der Waals surface area contributed by atoms with Crippen LogP contribution in [-0.4, -0.2) is 36.1 Å². The molecular formula is C26H29FN4O5S. The normalized spacial score (nSPS) is 11.4. The molecule has 0 radical (unpaired) electrons. The van der Waals surface area contributed by atoms with E-state index in [0.717, 1.165) is 5.56 Å². The van der Waals surface area contributed by atoms with Gasteiger partial charge in [0, 0.05) is 14.5 Å². The zero-order valence-corrected chi connectivity index (χ0v) is 21.2. The van der Waals surface area contributed by atoms with Gasteiger partial charge in [-0.25, -0.2) is 14.1 Å². The van der Waals surface area contributed by atoms with Crippen LogP contribution >= 0.6 is 0 Å². The van der Waals surface area contributed by atoms with Gasteiger partial charge in [0.2, 0.25) is 5.88 Å². The Balaban J connectivity index is 0.00000267. The maximum atomic E-state index is 14.4. The zero-order valence-electron chi connectivity index (χ0n) is 20.4. The van der Waals surface area contributed by atoms with Crippen molar-refractivity contribution < 1.29 is 29.9 Å². The highest BCUT2D eigenvalue weighted by Crippen LogP contribution is 2.31. The number of carbonyl (C=O) groups excluding carboxylic acids is 1. The molecule has 0 aliphatic heterocycles. The summed E-state index contributed by atoms with van der Waals surface area (Å²) < 4.78 is 53.1. The number of aromatic amines is 1. The molecule has 11 heteroatoms. The number of sulfonamides is 1. The second kappa shape index (κ2) is 10.8. The summed E-state index contributed by atoms with van der Waals surface area (Å²) in [5.74, 6) is -0.644. The molecule has 4 aromatic rings. The Bertz CT molecular complexity index is 1530. The van der Waals surface area contributed by atoms with Crippen LogP contribution in [0.15, 0.2) is 71.9 Å². The van der Waals surface area contributed by atoms with Crippen molar-refractivity contribution in [2.75, 3.05) is 6.61 Å². The van der Waals surface area contributed by atoms with Crippen LogP contribution in [0.1, 0.15) is 32.6 Å². The highest BCUT2D eigenvalue weighted by atomic mass is 32.2. The Labute approximate surface area is 216 Å². The molecule has 4 rings (SSSR count). The van der Waals surface area contributed by atoms with E-state index in [9.17, 15) is 17.6 Å². The van der Waals surface area contributed by atoms with Crippen molar-refractivity contribution >= 4 is 15.9 Å². The molecule has 2 heterocycles. The van der Waals surface area contributed by atoms with Crippen molar-refractivity contribution in [3.05, 3.63) is 83.8 Å². The molecule has 0 atom stereocenters. The van der Waals surface area contributed by atoms with Crippen LogP contribution in [0.4, 0.5) is 4.39 Å². The fourth-order valence-electron chi connectivity index (χ4n) is 3.31. The topological polar surface area (TPSA) is 123 Å². The molecule has 0 saturated carbocycles. The minimum atomic E-state index is -4.22. The highest BCUT2D eigenvalue weighted by molar-refractivity contribution is 7.90. The highest BCUT2D eigenvalue weighted by Gasteiger charge is 2.24. The van der Waals surface area contributed by atoms with E-state index in [1.807, 2.05) is 37.6 Å². The lowest BCUT2D eigenvalue weighted by molar-refractivity contribution is 0.0978. The predicted molar refractivity (Wildman–Crippen MR) is 139 cm³/mol. The van der Waals surface area contributed by atoms with Gasteiger partial charge in [-0.2, -0.15) is 13.5 Å². The maximum absolute atomic E-state index is 14.4. The molecule has 0 bridgehead atoms. The lowest BCUT2D eigenvalue weighted by Crippen LogP contribution is -2.31. The van der Waals surface area contributed by atoms with Gasteiger partial charge in [0.05, 0.1) is 18.5 Å². The van der Waals surface area contributed by atoms with Gasteiger partial charge >= 0.3 is 0 Å². The van der Waals surface area contributed by atoms with Gasteiger partial charge in [0.25, 0.3) is 15.9 Å². The SMILES string of the molecule is Cc1ccccc1Oc1nc(-c2cc(F)cc(OCC(C)C)c2)ccc1C(=O)NS(=O)(=O)c1ccn[nH]1.[HH].[HH]. The van der Waals surface area contributed by atoms with E-state index in [-0.39, 0.29) is 25.2 Å². The summed E-state index contributed by atoms with van der Waals surface area (Å²) in [6, 6.07) is 15.3. The number of aromatic nitrogens is 3. The Morgan fingerprint density at radius 2 is 1.92 bits per heavy atom. The number of nitrogens with one attached hydrogen (secondary N) is 2. The number of rotatable bonds is 9. The molecule has 196 valence electrons. The first-order valence-corrected chi connectivity index (χ1v) is 12.9. The molecule has 2 aromatic carbocycles. The summed E-state index contributed by atoms with van der Waals surface area (Å²) in [5, 5.41) is 5.63. The molecule has 2 aromatic heterocycles. The number of H-pyrrole nitrogens is 1. The Morgan fingerprint density at radius 3 is 2.62 bits per heavy atom. The van der Waals surface area contributed by atoms with Gasteiger partial charge < -0.3 is 9.47 Å². The first kappa shape index (κ1) is 25.8. The van der Waals surface area contributed by atoms with Crippen molar-refractivity contribution in [3.8, 4) is 28.6 Å². The molecule has 0 fully saturated rings. The van der Waals surface area contributed by atoms with Crippen molar-refractivity contribution in [3.63, 3.8) is 0 Å². The first-order chi connectivity index (χ1) is 17.6. The predicted octanol–water partition coefficient (Wildman–Crippen LogP) is 5.36. The first-order valence-electron chi connectivity index (χ1n) is 11.4. The summed E-state index contributed by atoms with van der Waals surface area (Å²) in [6.45, 7) is 6.18. The van der Waals surface area contributed by atoms with Crippen LogP contribution < -0.4 is 14.2 Å². The third kappa shape index (κ3) is 6.31. The second-order valence-electron chi connectivity index (χ2n) is 8.65. The molecule has 0 aliphatic carbocycles. The van der Waals surface area contributed by atoms with E-state index >= 15 is 0 Å². The van der Waals surface area contributed by atoms with Gasteiger partial charge in [0.1, 0.15) is 22.9 Å². The summed E-state index contributed by atoms with van der Waals surface area (Å²) in [6.07, 6.45) is 1.25. The van der Waals surface area contributed by atoms with Gasteiger partial charge in [0.15, 0.2) is 5.03 Å². The van der Waals surface area contributed by atoms with Crippen molar-refractivity contribution in [2.24, 2.45) is 5.92 Å². The molecule has 9 nitrogen and oxygen atoms in total. The van der Waals surface area contributed by atoms with E-state index in [1.165, 1.54) is 36.5 Å².